The quantitative estimate of drug-likeness (QED) is 0.677. The Balaban J connectivity index is 0.00000112. The lowest BCUT2D eigenvalue weighted by atomic mass is 10.0. The van der Waals surface area contributed by atoms with Gasteiger partial charge in [0.1, 0.15) is 0 Å². The SMILES string of the molecule is C=Cc1ccc(-c2ccccc2)cc1.[F-]. The molecule has 0 heterocycles. The van der Waals surface area contributed by atoms with E-state index in [1.54, 1.807) is 0 Å². The van der Waals surface area contributed by atoms with Crippen molar-refractivity contribution in [2.75, 3.05) is 0 Å². The van der Waals surface area contributed by atoms with Crippen molar-refractivity contribution in [2.24, 2.45) is 0 Å². The van der Waals surface area contributed by atoms with Gasteiger partial charge in [-0.15, -0.1) is 0 Å². The Bertz CT molecular complexity index is 415. The molecule has 0 amide bonds. The molecule has 0 unspecified atom stereocenters. The monoisotopic (exact) mass is 199 g/mol. The summed E-state index contributed by atoms with van der Waals surface area (Å²) in [6, 6.07) is 18.8. The van der Waals surface area contributed by atoms with E-state index >= 15 is 0 Å². The number of hydrogen-bond donors (Lipinski definition) is 0. The number of rotatable bonds is 2. The molecule has 0 bridgehead atoms. The number of hydrogen-bond acceptors (Lipinski definition) is 0. The maximum Gasteiger partial charge on any atom is -0.0184 e. The van der Waals surface area contributed by atoms with Crippen LogP contribution in [0.3, 0.4) is 0 Å². The van der Waals surface area contributed by atoms with Crippen LogP contribution < -0.4 is 4.70 Å². The van der Waals surface area contributed by atoms with Gasteiger partial charge in [0, 0.05) is 0 Å². The fraction of sp³-hybridized carbons (Fsp3) is 0. The van der Waals surface area contributed by atoms with Crippen LogP contribution in [0.2, 0.25) is 0 Å². The molecule has 0 spiro atoms. The van der Waals surface area contributed by atoms with Crippen molar-refractivity contribution in [3.05, 3.63) is 66.7 Å². The van der Waals surface area contributed by atoms with Crippen molar-refractivity contribution >= 4 is 6.08 Å². The van der Waals surface area contributed by atoms with Crippen LogP contribution in [0.15, 0.2) is 61.2 Å². The molecule has 0 nitrogen and oxygen atoms in total. The van der Waals surface area contributed by atoms with Crippen molar-refractivity contribution in [1.29, 1.82) is 0 Å². The molecule has 76 valence electrons. The number of benzene rings is 2. The molecule has 0 aliphatic rings. The molecule has 0 aliphatic carbocycles. The molecule has 1 heteroatoms. The van der Waals surface area contributed by atoms with Gasteiger partial charge in [0.05, 0.1) is 0 Å². The van der Waals surface area contributed by atoms with Crippen LogP contribution in [0.25, 0.3) is 17.2 Å². The fourth-order valence-corrected chi connectivity index (χ4v) is 1.44. The Morgan fingerprint density at radius 3 is 1.80 bits per heavy atom. The molecule has 0 saturated carbocycles. The first-order chi connectivity index (χ1) is 6.90. The van der Waals surface area contributed by atoms with Crippen molar-refractivity contribution in [3.63, 3.8) is 0 Å². The Morgan fingerprint density at radius 2 is 1.27 bits per heavy atom. The molecule has 2 aromatic carbocycles. The Kier molecular flexibility index (Phi) is 3.81. The van der Waals surface area contributed by atoms with Gasteiger partial charge in [0.15, 0.2) is 0 Å². The molecule has 0 aliphatic heterocycles. The van der Waals surface area contributed by atoms with Gasteiger partial charge in [0.25, 0.3) is 0 Å². The zero-order chi connectivity index (χ0) is 9.80. The second kappa shape index (κ2) is 5.11. The van der Waals surface area contributed by atoms with Crippen LogP contribution in [-0.2, 0) is 0 Å². The molecular formula is C14H12F-. The summed E-state index contributed by atoms with van der Waals surface area (Å²) >= 11 is 0. The van der Waals surface area contributed by atoms with Crippen molar-refractivity contribution < 1.29 is 4.70 Å². The van der Waals surface area contributed by atoms with Crippen molar-refractivity contribution in [1.82, 2.24) is 0 Å². The van der Waals surface area contributed by atoms with E-state index in [4.69, 9.17) is 0 Å². The van der Waals surface area contributed by atoms with Crippen LogP contribution in [0.5, 0.6) is 0 Å². The van der Waals surface area contributed by atoms with E-state index in [-0.39, 0.29) is 4.70 Å². The van der Waals surface area contributed by atoms with Gasteiger partial charge < -0.3 is 4.70 Å². The van der Waals surface area contributed by atoms with E-state index in [9.17, 15) is 0 Å². The summed E-state index contributed by atoms with van der Waals surface area (Å²) in [6.07, 6.45) is 1.86. The Labute approximate surface area is 89.3 Å². The second-order valence-electron chi connectivity index (χ2n) is 3.19. The molecule has 2 rings (SSSR count). The molecule has 2 aromatic rings. The van der Waals surface area contributed by atoms with Gasteiger partial charge in [0.2, 0.25) is 0 Å². The second-order valence-corrected chi connectivity index (χ2v) is 3.19. The van der Waals surface area contributed by atoms with Gasteiger partial charge in [-0.25, -0.2) is 0 Å². The van der Waals surface area contributed by atoms with Gasteiger partial charge in [-0.3, -0.25) is 0 Å². The highest BCUT2D eigenvalue weighted by Crippen LogP contribution is 2.19. The molecule has 15 heavy (non-hydrogen) atoms. The lowest BCUT2D eigenvalue weighted by Crippen LogP contribution is -3.00. The van der Waals surface area contributed by atoms with E-state index in [2.05, 4.69) is 55.1 Å². The van der Waals surface area contributed by atoms with Crippen molar-refractivity contribution in [3.8, 4) is 11.1 Å². The third-order valence-corrected chi connectivity index (χ3v) is 2.25. The highest BCUT2D eigenvalue weighted by molar-refractivity contribution is 5.65. The molecular weight excluding hydrogens is 187 g/mol. The van der Waals surface area contributed by atoms with Crippen LogP contribution in [0.4, 0.5) is 0 Å². The standard InChI is InChI=1S/C14H12.FH/c1-2-12-8-10-14(11-9-12)13-6-4-3-5-7-13;/h2-11H,1H2;1H/p-1. The molecule has 0 aromatic heterocycles. The molecule has 0 saturated heterocycles. The summed E-state index contributed by atoms with van der Waals surface area (Å²) in [7, 11) is 0. The van der Waals surface area contributed by atoms with Gasteiger partial charge in [-0.2, -0.15) is 0 Å². The lowest BCUT2D eigenvalue weighted by molar-refractivity contribution is -0.00000269. The van der Waals surface area contributed by atoms with Crippen molar-refractivity contribution in [2.45, 2.75) is 0 Å². The summed E-state index contributed by atoms with van der Waals surface area (Å²) in [5.74, 6) is 0. The van der Waals surface area contributed by atoms with Crippen LogP contribution in [0, 0.1) is 0 Å². The van der Waals surface area contributed by atoms with E-state index in [1.165, 1.54) is 11.1 Å². The smallest absolute Gasteiger partial charge is 0.0184 e. The molecule has 0 atom stereocenters. The summed E-state index contributed by atoms with van der Waals surface area (Å²) in [4.78, 5) is 0. The summed E-state index contributed by atoms with van der Waals surface area (Å²) in [5, 5.41) is 0. The predicted octanol–water partition coefficient (Wildman–Crippen LogP) is 1.00. The van der Waals surface area contributed by atoms with Gasteiger partial charge in [-0.05, 0) is 16.7 Å². The minimum absolute atomic E-state index is 0. The Morgan fingerprint density at radius 1 is 0.733 bits per heavy atom. The van der Waals surface area contributed by atoms with Gasteiger partial charge in [-0.1, -0.05) is 67.3 Å². The first kappa shape index (κ1) is 11.2. The lowest BCUT2D eigenvalue weighted by Gasteiger charge is -2.01. The fourth-order valence-electron chi connectivity index (χ4n) is 1.44. The molecule has 0 fully saturated rings. The normalized spacial score (nSPS) is 9.07. The first-order valence-electron chi connectivity index (χ1n) is 4.68. The maximum atomic E-state index is 3.73. The van der Waals surface area contributed by atoms with Crippen LogP contribution in [0.1, 0.15) is 5.56 Å². The molecule has 0 radical (unpaired) electrons. The average Bonchev–Trinajstić information content (AvgIpc) is 2.30. The minimum atomic E-state index is 0. The van der Waals surface area contributed by atoms with E-state index in [1.807, 2.05) is 12.1 Å². The Hall–Kier alpha value is -1.89. The summed E-state index contributed by atoms with van der Waals surface area (Å²) < 4.78 is 0. The number of halogens is 1. The maximum absolute atomic E-state index is 3.73. The predicted molar refractivity (Wildman–Crippen MR) is 62.0 cm³/mol. The summed E-state index contributed by atoms with van der Waals surface area (Å²) in [6.45, 7) is 3.73. The van der Waals surface area contributed by atoms with Crippen LogP contribution >= 0.6 is 0 Å². The van der Waals surface area contributed by atoms with Gasteiger partial charge >= 0.3 is 0 Å². The van der Waals surface area contributed by atoms with E-state index in [0.717, 1.165) is 5.56 Å². The molecule has 0 N–H and O–H groups in total. The highest BCUT2D eigenvalue weighted by atomic mass is 19.0. The first-order valence-corrected chi connectivity index (χ1v) is 4.68. The third kappa shape index (κ3) is 2.53. The third-order valence-electron chi connectivity index (χ3n) is 2.25. The summed E-state index contributed by atoms with van der Waals surface area (Å²) in [5.41, 5.74) is 3.66. The van der Waals surface area contributed by atoms with E-state index in [0.29, 0.717) is 0 Å². The zero-order valence-corrected chi connectivity index (χ0v) is 8.36. The zero-order valence-electron chi connectivity index (χ0n) is 8.36. The van der Waals surface area contributed by atoms with E-state index < -0.39 is 0 Å². The average molecular weight is 199 g/mol. The topological polar surface area (TPSA) is 0 Å². The minimum Gasteiger partial charge on any atom is -1.00 e. The van der Waals surface area contributed by atoms with Crippen LogP contribution in [-0.4, -0.2) is 0 Å². The largest absolute Gasteiger partial charge is 1.00 e. The highest BCUT2D eigenvalue weighted by Gasteiger charge is 1.94.